The molecule has 2 aromatic rings. The first-order valence-electron chi connectivity index (χ1n) is 5.19. The van der Waals surface area contributed by atoms with Crippen LogP contribution in [0.3, 0.4) is 0 Å². The summed E-state index contributed by atoms with van der Waals surface area (Å²) in [6.45, 7) is 0.292. The molecule has 0 amide bonds. The summed E-state index contributed by atoms with van der Waals surface area (Å²) >= 11 is 4.21. The molecular weight excluding hydrogens is 355 g/mol. The number of nitrogens with one attached hydrogen (secondary N) is 1. The van der Waals surface area contributed by atoms with Crippen LogP contribution in [0.5, 0.6) is 0 Å². The average molecular weight is 365 g/mol. The molecule has 19 heavy (non-hydrogen) atoms. The van der Waals surface area contributed by atoms with Gasteiger partial charge in [0.15, 0.2) is 0 Å². The molecule has 0 aliphatic heterocycles. The van der Waals surface area contributed by atoms with Crippen LogP contribution >= 0.6 is 27.3 Å². The van der Waals surface area contributed by atoms with Gasteiger partial charge in [-0.15, -0.1) is 11.3 Å². The van der Waals surface area contributed by atoms with Crippen molar-refractivity contribution in [2.45, 2.75) is 10.8 Å². The van der Waals surface area contributed by atoms with E-state index < -0.39 is 15.8 Å². The van der Waals surface area contributed by atoms with E-state index in [2.05, 4.69) is 20.7 Å². The van der Waals surface area contributed by atoms with E-state index in [0.717, 1.165) is 16.2 Å². The van der Waals surface area contributed by atoms with Gasteiger partial charge in [0, 0.05) is 15.9 Å². The van der Waals surface area contributed by atoms with Crippen LogP contribution in [0.25, 0.3) is 0 Å². The van der Waals surface area contributed by atoms with Crippen molar-refractivity contribution in [3.05, 3.63) is 45.5 Å². The van der Waals surface area contributed by atoms with Gasteiger partial charge in [0.2, 0.25) is 0 Å². The van der Waals surface area contributed by atoms with Crippen molar-refractivity contribution in [2.75, 3.05) is 4.72 Å². The first kappa shape index (κ1) is 14.4. The summed E-state index contributed by atoms with van der Waals surface area (Å²) in [5.41, 5.74) is 5.73. The number of hydrogen-bond donors (Lipinski definition) is 2. The van der Waals surface area contributed by atoms with Crippen molar-refractivity contribution in [1.82, 2.24) is 0 Å². The van der Waals surface area contributed by atoms with E-state index in [-0.39, 0.29) is 9.90 Å². The number of hydrogen-bond acceptors (Lipinski definition) is 4. The minimum Gasteiger partial charge on any atom is -0.326 e. The molecule has 4 nitrogen and oxygen atoms in total. The van der Waals surface area contributed by atoms with Gasteiger partial charge in [-0.25, -0.2) is 12.8 Å². The lowest BCUT2D eigenvalue weighted by atomic mass is 10.3. The molecule has 0 radical (unpaired) electrons. The van der Waals surface area contributed by atoms with Gasteiger partial charge in [-0.05, 0) is 46.3 Å². The molecule has 0 saturated carbocycles. The van der Waals surface area contributed by atoms with E-state index in [1.807, 2.05) is 0 Å². The normalized spacial score (nSPS) is 11.5. The molecule has 0 saturated heterocycles. The first-order chi connectivity index (χ1) is 8.92. The molecule has 1 aromatic heterocycles. The highest BCUT2D eigenvalue weighted by Crippen LogP contribution is 2.28. The summed E-state index contributed by atoms with van der Waals surface area (Å²) < 4.78 is 40.1. The molecule has 102 valence electrons. The van der Waals surface area contributed by atoms with Crippen molar-refractivity contribution in [1.29, 1.82) is 0 Å². The van der Waals surface area contributed by atoms with E-state index in [0.29, 0.717) is 11.0 Å². The number of nitrogens with two attached hydrogens (primary N) is 1. The summed E-state index contributed by atoms with van der Waals surface area (Å²) in [4.78, 5) is 0.776. The molecule has 0 unspecified atom stereocenters. The number of sulfonamides is 1. The minimum atomic E-state index is -3.68. The maximum Gasteiger partial charge on any atom is 0.271 e. The fourth-order valence-electron chi connectivity index (χ4n) is 1.38. The highest BCUT2D eigenvalue weighted by atomic mass is 79.9. The Kier molecular flexibility index (Phi) is 4.24. The number of benzene rings is 1. The zero-order valence-corrected chi connectivity index (χ0v) is 12.8. The summed E-state index contributed by atoms with van der Waals surface area (Å²) in [5, 5.41) is 0. The maximum atomic E-state index is 12.9. The Morgan fingerprint density at radius 3 is 2.63 bits per heavy atom. The van der Waals surface area contributed by atoms with Crippen LogP contribution in [0, 0.1) is 5.82 Å². The molecule has 2 rings (SSSR count). The van der Waals surface area contributed by atoms with Crippen LogP contribution in [-0.2, 0) is 16.6 Å². The van der Waals surface area contributed by atoms with Crippen molar-refractivity contribution in [3.63, 3.8) is 0 Å². The topological polar surface area (TPSA) is 72.2 Å². The van der Waals surface area contributed by atoms with Gasteiger partial charge in [0.25, 0.3) is 10.0 Å². The van der Waals surface area contributed by atoms with E-state index in [9.17, 15) is 12.8 Å². The van der Waals surface area contributed by atoms with Gasteiger partial charge in [-0.3, -0.25) is 4.72 Å². The van der Waals surface area contributed by atoms with E-state index in [4.69, 9.17) is 5.73 Å². The molecule has 0 spiro atoms. The highest BCUT2D eigenvalue weighted by Gasteiger charge is 2.18. The predicted molar refractivity (Wildman–Crippen MR) is 77.1 cm³/mol. The second-order valence-electron chi connectivity index (χ2n) is 3.65. The SMILES string of the molecule is NCc1ccc(S(=O)(=O)Nc2ccc(F)cc2Br)s1. The highest BCUT2D eigenvalue weighted by molar-refractivity contribution is 9.10. The minimum absolute atomic E-state index is 0.171. The number of rotatable bonds is 4. The van der Waals surface area contributed by atoms with Gasteiger partial charge in [-0.1, -0.05) is 0 Å². The van der Waals surface area contributed by atoms with E-state index in [1.165, 1.54) is 24.3 Å². The fourth-order valence-corrected chi connectivity index (χ4v) is 4.28. The third kappa shape index (κ3) is 3.33. The van der Waals surface area contributed by atoms with Gasteiger partial charge >= 0.3 is 0 Å². The standard InChI is InChI=1S/C11H10BrFN2O2S2/c12-9-5-7(13)1-3-10(9)15-19(16,17)11-4-2-8(6-14)18-11/h1-5,15H,6,14H2. The van der Waals surface area contributed by atoms with Crippen LogP contribution in [0.15, 0.2) is 39.0 Å². The average Bonchev–Trinajstić information content (AvgIpc) is 2.82. The van der Waals surface area contributed by atoms with Crippen molar-refractivity contribution in [3.8, 4) is 0 Å². The second kappa shape index (κ2) is 5.58. The van der Waals surface area contributed by atoms with Crippen LogP contribution in [-0.4, -0.2) is 8.42 Å². The molecule has 1 heterocycles. The quantitative estimate of drug-likeness (QED) is 0.875. The monoisotopic (exact) mass is 364 g/mol. The molecule has 1 aromatic carbocycles. The number of thiophene rings is 1. The van der Waals surface area contributed by atoms with Crippen molar-refractivity contribution >= 4 is 43.0 Å². The molecular formula is C11H10BrFN2O2S2. The summed E-state index contributed by atoms with van der Waals surface area (Å²) in [7, 11) is -3.68. The summed E-state index contributed by atoms with van der Waals surface area (Å²) in [6.07, 6.45) is 0. The summed E-state index contributed by atoms with van der Waals surface area (Å²) in [6, 6.07) is 6.89. The largest absolute Gasteiger partial charge is 0.326 e. The van der Waals surface area contributed by atoms with E-state index in [1.54, 1.807) is 6.07 Å². The Bertz CT molecular complexity index is 700. The Labute approximate surface area is 122 Å². The molecule has 0 bridgehead atoms. The predicted octanol–water partition coefficient (Wildman–Crippen LogP) is 2.91. The summed E-state index contributed by atoms with van der Waals surface area (Å²) in [5.74, 6) is -0.448. The zero-order valence-electron chi connectivity index (χ0n) is 9.56. The fraction of sp³-hybridized carbons (Fsp3) is 0.0909. The van der Waals surface area contributed by atoms with Crippen molar-refractivity contribution < 1.29 is 12.8 Å². The third-order valence-electron chi connectivity index (χ3n) is 2.28. The Morgan fingerprint density at radius 2 is 2.05 bits per heavy atom. The molecule has 8 heteroatoms. The van der Waals surface area contributed by atoms with E-state index >= 15 is 0 Å². The van der Waals surface area contributed by atoms with Crippen LogP contribution in [0.1, 0.15) is 4.88 Å². The zero-order chi connectivity index (χ0) is 14.0. The molecule has 0 fully saturated rings. The van der Waals surface area contributed by atoms with Crippen LogP contribution in [0.2, 0.25) is 0 Å². The second-order valence-corrected chi connectivity index (χ2v) is 7.59. The van der Waals surface area contributed by atoms with Gasteiger partial charge < -0.3 is 5.73 Å². The maximum absolute atomic E-state index is 12.9. The Morgan fingerprint density at radius 1 is 1.32 bits per heavy atom. The number of anilines is 1. The van der Waals surface area contributed by atoms with Crippen molar-refractivity contribution in [2.24, 2.45) is 5.73 Å². The lowest BCUT2D eigenvalue weighted by Gasteiger charge is -2.08. The lowest BCUT2D eigenvalue weighted by Crippen LogP contribution is -2.11. The van der Waals surface area contributed by atoms with Crippen LogP contribution in [0.4, 0.5) is 10.1 Å². The van der Waals surface area contributed by atoms with Gasteiger partial charge in [-0.2, -0.15) is 0 Å². The number of halogens is 2. The van der Waals surface area contributed by atoms with Gasteiger partial charge in [0.1, 0.15) is 10.0 Å². The molecule has 3 N–H and O–H groups in total. The molecule has 0 atom stereocenters. The first-order valence-corrected chi connectivity index (χ1v) is 8.28. The lowest BCUT2D eigenvalue weighted by molar-refractivity contribution is 0.603. The third-order valence-corrected chi connectivity index (χ3v) is 5.90. The van der Waals surface area contributed by atoms with Gasteiger partial charge in [0.05, 0.1) is 5.69 Å². The smallest absolute Gasteiger partial charge is 0.271 e. The molecule has 0 aliphatic rings. The molecule has 0 aliphatic carbocycles. The van der Waals surface area contributed by atoms with Crippen LogP contribution < -0.4 is 10.5 Å². The Hall–Kier alpha value is -0.960. The Balaban J connectivity index is 2.30.